The van der Waals surface area contributed by atoms with E-state index in [9.17, 15) is 13.2 Å². The van der Waals surface area contributed by atoms with Crippen LogP contribution in [0.25, 0.3) is 10.9 Å². The van der Waals surface area contributed by atoms with Crippen molar-refractivity contribution in [2.75, 3.05) is 26.2 Å². The van der Waals surface area contributed by atoms with Crippen LogP contribution in [-0.4, -0.2) is 54.7 Å². The average molecular weight is 423 g/mol. The van der Waals surface area contributed by atoms with E-state index in [-0.39, 0.29) is 30.3 Å². The number of H-pyrrole nitrogens is 1. The minimum atomic E-state index is -3.55. The van der Waals surface area contributed by atoms with Gasteiger partial charge in [0, 0.05) is 43.3 Å². The van der Waals surface area contributed by atoms with E-state index in [1.54, 1.807) is 47.5 Å². The topological polar surface area (TPSA) is 97.3 Å². The van der Waals surface area contributed by atoms with Crippen LogP contribution in [0.2, 0.25) is 0 Å². The number of nitrogens with one attached hydrogen (secondary N) is 1. The molecule has 1 aliphatic rings. The van der Waals surface area contributed by atoms with Crippen LogP contribution in [0.1, 0.15) is 16.7 Å². The first-order chi connectivity index (χ1) is 14.4. The van der Waals surface area contributed by atoms with Crippen molar-refractivity contribution in [2.24, 2.45) is 0 Å². The molecule has 3 aromatic rings. The molecule has 7 nitrogen and oxygen atoms in total. The van der Waals surface area contributed by atoms with Gasteiger partial charge < -0.3 is 9.88 Å². The van der Waals surface area contributed by atoms with Gasteiger partial charge in [-0.05, 0) is 42.8 Å². The lowest BCUT2D eigenvalue weighted by molar-refractivity contribution is -0.131. The van der Waals surface area contributed by atoms with Crippen LogP contribution in [-0.2, 0) is 21.2 Å². The number of carbonyl (C=O) groups is 1. The molecule has 30 heavy (non-hydrogen) atoms. The Labute approximate surface area is 175 Å². The molecule has 2 heterocycles. The highest BCUT2D eigenvalue weighted by Crippen LogP contribution is 2.22. The SMILES string of the molecule is Cc1ccc(S(=O)(=O)N2CCN(C(=O)Cc3c[nH]c4ccc(C#N)cc34)CC2)cc1. The van der Waals surface area contributed by atoms with Gasteiger partial charge in [-0.15, -0.1) is 0 Å². The second-order valence-corrected chi connectivity index (χ2v) is 9.40. The third-order valence-electron chi connectivity index (χ3n) is 5.49. The molecule has 1 amide bonds. The Hall–Kier alpha value is -3.15. The molecule has 0 spiro atoms. The molecule has 0 unspecified atom stereocenters. The molecule has 0 bridgehead atoms. The first-order valence-electron chi connectivity index (χ1n) is 9.73. The van der Waals surface area contributed by atoms with E-state index in [4.69, 9.17) is 5.26 Å². The summed E-state index contributed by atoms with van der Waals surface area (Å²) in [5.41, 5.74) is 3.27. The first kappa shape index (κ1) is 20.1. The summed E-state index contributed by atoms with van der Waals surface area (Å²) in [6.45, 7) is 3.17. The number of hydrogen-bond acceptors (Lipinski definition) is 4. The summed E-state index contributed by atoms with van der Waals surface area (Å²) < 4.78 is 27.1. The monoisotopic (exact) mass is 422 g/mol. The molecule has 0 aliphatic carbocycles. The standard InChI is InChI=1S/C22H22N4O3S/c1-16-2-5-19(6-3-16)30(28,29)26-10-8-25(9-11-26)22(27)13-18-15-24-21-7-4-17(14-23)12-20(18)21/h2-7,12,15,24H,8-11,13H2,1H3. The zero-order chi connectivity index (χ0) is 21.3. The van der Waals surface area contributed by atoms with Crippen molar-refractivity contribution >= 4 is 26.8 Å². The van der Waals surface area contributed by atoms with Gasteiger partial charge in [-0.25, -0.2) is 8.42 Å². The Morgan fingerprint density at radius 3 is 2.47 bits per heavy atom. The van der Waals surface area contributed by atoms with Gasteiger partial charge in [0.05, 0.1) is 22.9 Å². The second kappa shape index (κ2) is 7.94. The van der Waals surface area contributed by atoms with Crippen molar-refractivity contribution in [3.63, 3.8) is 0 Å². The van der Waals surface area contributed by atoms with Crippen LogP contribution in [0.15, 0.2) is 53.6 Å². The number of sulfonamides is 1. The van der Waals surface area contributed by atoms with Gasteiger partial charge in [0.15, 0.2) is 0 Å². The number of amides is 1. The maximum atomic E-state index is 12.8. The van der Waals surface area contributed by atoms with Crippen molar-refractivity contribution in [1.82, 2.24) is 14.2 Å². The number of rotatable bonds is 4. The molecule has 1 saturated heterocycles. The molecular formula is C22H22N4O3S. The number of nitriles is 1. The lowest BCUT2D eigenvalue weighted by atomic mass is 10.1. The van der Waals surface area contributed by atoms with Gasteiger partial charge in [0.2, 0.25) is 15.9 Å². The lowest BCUT2D eigenvalue weighted by Gasteiger charge is -2.34. The number of aromatic nitrogens is 1. The van der Waals surface area contributed by atoms with Gasteiger partial charge in [0.1, 0.15) is 0 Å². The molecule has 0 radical (unpaired) electrons. The largest absolute Gasteiger partial charge is 0.361 e. The van der Waals surface area contributed by atoms with Gasteiger partial charge in [0.25, 0.3) is 0 Å². The minimum Gasteiger partial charge on any atom is -0.361 e. The van der Waals surface area contributed by atoms with E-state index in [0.29, 0.717) is 18.7 Å². The molecule has 2 aromatic carbocycles. The van der Waals surface area contributed by atoms with E-state index in [2.05, 4.69) is 11.1 Å². The molecule has 1 aromatic heterocycles. The summed E-state index contributed by atoms with van der Waals surface area (Å²) in [6, 6.07) is 14.3. The van der Waals surface area contributed by atoms with Crippen LogP contribution in [0.3, 0.4) is 0 Å². The molecule has 8 heteroatoms. The zero-order valence-corrected chi connectivity index (χ0v) is 17.4. The molecule has 1 fully saturated rings. The molecule has 0 atom stereocenters. The number of aryl methyl sites for hydroxylation is 1. The lowest BCUT2D eigenvalue weighted by Crippen LogP contribution is -2.50. The molecular weight excluding hydrogens is 400 g/mol. The fourth-order valence-corrected chi connectivity index (χ4v) is 5.13. The van der Waals surface area contributed by atoms with Crippen molar-refractivity contribution in [3.8, 4) is 6.07 Å². The van der Waals surface area contributed by atoms with Crippen LogP contribution in [0.5, 0.6) is 0 Å². The van der Waals surface area contributed by atoms with E-state index < -0.39 is 10.0 Å². The van der Waals surface area contributed by atoms with Gasteiger partial charge in [-0.3, -0.25) is 4.79 Å². The van der Waals surface area contributed by atoms with Gasteiger partial charge >= 0.3 is 0 Å². The highest BCUT2D eigenvalue weighted by molar-refractivity contribution is 7.89. The summed E-state index contributed by atoms with van der Waals surface area (Å²) >= 11 is 0. The van der Waals surface area contributed by atoms with Crippen molar-refractivity contribution < 1.29 is 13.2 Å². The molecule has 154 valence electrons. The Bertz CT molecular complexity index is 1230. The van der Waals surface area contributed by atoms with Crippen molar-refractivity contribution in [3.05, 3.63) is 65.4 Å². The number of fused-ring (bicyclic) bond motifs is 1. The summed E-state index contributed by atoms with van der Waals surface area (Å²) in [7, 11) is -3.55. The summed E-state index contributed by atoms with van der Waals surface area (Å²) in [4.78, 5) is 17.9. The number of hydrogen-bond donors (Lipinski definition) is 1. The maximum absolute atomic E-state index is 12.8. The van der Waals surface area contributed by atoms with Crippen molar-refractivity contribution in [1.29, 1.82) is 5.26 Å². The quantitative estimate of drug-likeness (QED) is 0.698. The Morgan fingerprint density at radius 2 is 1.80 bits per heavy atom. The Kier molecular flexibility index (Phi) is 5.33. The average Bonchev–Trinajstić information content (AvgIpc) is 3.16. The highest BCUT2D eigenvalue weighted by Gasteiger charge is 2.30. The van der Waals surface area contributed by atoms with Crippen molar-refractivity contribution in [2.45, 2.75) is 18.2 Å². The molecule has 1 aliphatic heterocycles. The number of nitrogens with zero attached hydrogens (tertiary/aromatic N) is 3. The number of aromatic amines is 1. The predicted molar refractivity (Wildman–Crippen MR) is 113 cm³/mol. The van der Waals surface area contributed by atoms with Gasteiger partial charge in [-0.2, -0.15) is 9.57 Å². The second-order valence-electron chi connectivity index (χ2n) is 7.46. The molecule has 4 rings (SSSR count). The summed E-state index contributed by atoms with van der Waals surface area (Å²) in [5.74, 6) is -0.0503. The fourth-order valence-electron chi connectivity index (χ4n) is 3.71. The normalized spacial score (nSPS) is 15.3. The van der Waals surface area contributed by atoms with Crippen LogP contribution >= 0.6 is 0 Å². The predicted octanol–water partition coefficient (Wildman–Crippen LogP) is 2.42. The van der Waals surface area contributed by atoms with E-state index in [1.807, 2.05) is 13.0 Å². The van der Waals surface area contributed by atoms with E-state index in [1.165, 1.54) is 4.31 Å². The smallest absolute Gasteiger partial charge is 0.243 e. The van der Waals surface area contributed by atoms with Crippen LogP contribution in [0, 0.1) is 18.3 Å². The summed E-state index contributed by atoms with van der Waals surface area (Å²) in [5, 5.41) is 9.97. The highest BCUT2D eigenvalue weighted by atomic mass is 32.2. The third-order valence-corrected chi connectivity index (χ3v) is 7.40. The third kappa shape index (κ3) is 3.82. The fraction of sp³-hybridized carbons (Fsp3) is 0.273. The maximum Gasteiger partial charge on any atom is 0.243 e. The van der Waals surface area contributed by atoms with Gasteiger partial charge in [-0.1, -0.05) is 17.7 Å². The molecule has 1 N–H and O–H groups in total. The van der Waals surface area contributed by atoms with Crippen LogP contribution in [0.4, 0.5) is 0 Å². The number of carbonyl (C=O) groups excluding carboxylic acids is 1. The van der Waals surface area contributed by atoms with E-state index >= 15 is 0 Å². The Morgan fingerprint density at radius 1 is 1.10 bits per heavy atom. The molecule has 0 saturated carbocycles. The first-order valence-corrected chi connectivity index (χ1v) is 11.2. The number of benzene rings is 2. The minimum absolute atomic E-state index is 0.0503. The zero-order valence-electron chi connectivity index (χ0n) is 16.6. The van der Waals surface area contributed by atoms with Crippen LogP contribution < -0.4 is 0 Å². The number of piperazine rings is 1. The summed E-state index contributed by atoms with van der Waals surface area (Å²) in [6.07, 6.45) is 2.00. The van der Waals surface area contributed by atoms with E-state index in [0.717, 1.165) is 22.0 Å². The Balaban J connectivity index is 1.42.